The summed E-state index contributed by atoms with van der Waals surface area (Å²) < 4.78 is 15.8. The molecule has 0 aromatic heterocycles. The highest BCUT2D eigenvalue weighted by Gasteiger charge is 2.37. The van der Waals surface area contributed by atoms with Crippen LogP contribution in [0, 0.1) is 0 Å². The molecule has 0 unspecified atom stereocenters. The molecular weight excluding hydrogens is 347 g/mol. The zero-order chi connectivity index (χ0) is 19.9. The Morgan fingerprint density at radius 1 is 0.846 bits per heavy atom. The molecule has 0 radical (unpaired) electrons. The Hall–Kier alpha value is -1.16. The van der Waals surface area contributed by atoms with Crippen LogP contribution in [0.2, 0.25) is 0 Å². The van der Waals surface area contributed by atoms with Gasteiger partial charge in [0.1, 0.15) is 6.61 Å². The van der Waals surface area contributed by atoms with Crippen molar-refractivity contribution in [3.05, 3.63) is 35.9 Å². The predicted octanol–water partition coefficient (Wildman–Crippen LogP) is 5.80. The van der Waals surface area contributed by atoms with E-state index in [2.05, 4.69) is 64.7 Å². The Balaban J connectivity index is 2.94. The number of carbonyl (C=O) groups excluding carboxylic acids is 1. The molecule has 0 heterocycles. The number of ether oxygens (including phenoxy) is 1. The third kappa shape index (κ3) is 6.86. The molecule has 0 aliphatic carbocycles. The number of hydrogen-bond donors (Lipinski definition) is 0. The van der Waals surface area contributed by atoms with E-state index in [9.17, 15) is 4.79 Å². The van der Waals surface area contributed by atoms with Crippen LogP contribution < -0.4 is 0 Å². The third-order valence-electron chi connectivity index (χ3n) is 3.87. The lowest BCUT2D eigenvalue weighted by atomic mass is 10.2. The van der Waals surface area contributed by atoms with Crippen LogP contribution in [0.25, 0.3) is 0 Å². The third-order valence-corrected chi connectivity index (χ3v) is 6.82. The first-order chi connectivity index (χ1) is 12.1. The lowest BCUT2D eigenvalue weighted by Crippen LogP contribution is -2.43. The molecule has 0 amide bonds. The molecule has 0 saturated carbocycles. The molecule has 1 rings (SSSR count). The van der Waals surface area contributed by atoms with Gasteiger partial charge in [-0.15, -0.1) is 0 Å². The van der Waals surface area contributed by atoms with Gasteiger partial charge in [-0.05, 0) is 61.0 Å². The van der Waals surface area contributed by atoms with E-state index in [1.807, 2.05) is 30.3 Å². The maximum absolute atomic E-state index is 12.4. The zero-order valence-corrected chi connectivity index (χ0v) is 18.4. The highest BCUT2D eigenvalue weighted by molar-refractivity contribution is 7.48. The Kier molecular flexibility index (Phi) is 9.56. The van der Waals surface area contributed by atoms with Crippen molar-refractivity contribution in [2.24, 2.45) is 0 Å². The minimum Gasteiger partial charge on any atom is -0.429 e. The summed E-state index contributed by atoms with van der Waals surface area (Å²) in [6.07, 6.45) is -0.613. The van der Waals surface area contributed by atoms with Gasteiger partial charge in [0.2, 0.25) is 0 Å². The van der Waals surface area contributed by atoms with Crippen molar-refractivity contribution in [2.75, 3.05) is 0 Å². The molecule has 0 aliphatic heterocycles. The van der Waals surface area contributed by atoms with Crippen LogP contribution >= 0.6 is 8.45 Å². The molecule has 1 aromatic rings. The highest BCUT2D eigenvalue weighted by atomic mass is 31.2. The topological polar surface area (TPSA) is 42.0 Å². The fourth-order valence-electron chi connectivity index (χ4n) is 3.01. The molecule has 5 nitrogen and oxygen atoms in total. The van der Waals surface area contributed by atoms with E-state index in [-0.39, 0.29) is 30.8 Å². The van der Waals surface area contributed by atoms with Crippen LogP contribution in [0.1, 0.15) is 61.0 Å². The Morgan fingerprint density at radius 3 is 1.65 bits per heavy atom. The summed E-state index contributed by atoms with van der Waals surface area (Å²) in [6.45, 7) is 17.3. The van der Waals surface area contributed by atoms with Crippen LogP contribution in [-0.2, 0) is 15.9 Å². The standard InChI is InChI=1S/C20H35N2O3P/c1-15(2)21(16(3)4)26(22(17(5)6)18(7)8)25-20(23)24-14-19-12-10-9-11-13-19/h9-13,15-18H,14H2,1-8H3. The summed E-state index contributed by atoms with van der Waals surface area (Å²) in [5, 5.41) is 0. The summed E-state index contributed by atoms with van der Waals surface area (Å²) in [6, 6.07) is 10.7. The number of carbonyl (C=O) groups is 1. The molecule has 0 bridgehead atoms. The van der Waals surface area contributed by atoms with Gasteiger partial charge in [0.05, 0.1) is 0 Å². The Labute approximate surface area is 160 Å². The number of rotatable bonds is 9. The van der Waals surface area contributed by atoms with Gasteiger partial charge in [-0.2, -0.15) is 0 Å². The Morgan fingerprint density at radius 2 is 1.27 bits per heavy atom. The predicted molar refractivity (Wildman–Crippen MR) is 109 cm³/mol. The van der Waals surface area contributed by atoms with Crippen molar-refractivity contribution in [3.63, 3.8) is 0 Å². The van der Waals surface area contributed by atoms with E-state index >= 15 is 0 Å². The molecule has 6 heteroatoms. The number of benzene rings is 1. The molecule has 26 heavy (non-hydrogen) atoms. The largest absolute Gasteiger partial charge is 0.513 e. The fourth-order valence-corrected chi connectivity index (χ4v) is 5.20. The van der Waals surface area contributed by atoms with E-state index < -0.39 is 14.6 Å². The maximum atomic E-state index is 12.4. The zero-order valence-electron chi connectivity index (χ0n) is 17.5. The van der Waals surface area contributed by atoms with Crippen LogP contribution in [0.3, 0.4) is 0 Å². The first kappa shape index (κ1) is 22.9. The van der Waals surface area contributed by atoms with Gasteiger partial charge in [-0.25, -0.2) is 14.1 Å². The van der Waals surface area contributed by atoms with Crippen LogP contribution in [0.15, 0.2) is 30.3 Å². The molecule has 0 N–H and O–H groups in total. The average molecular weight is 382 g/mol. The van der Waals surface area contributed by atoms with Gasteiger partial charge in [0.25, 0.3) is 8.45 Å². The van der Waals surface area contributed by atoms with E-state index in [0.717, 1.165) is 5.56 Å². The fraction of sp³-hybridized carbons (Fsp3) is 0.650. The quantitative estimate of drug-likeness (QED) is 0.398. The van der Waals surface area contributed by atoms with Gasteiger partial charge in [-0.3, -0.25) is 0 Å². The molecule has 0 atom stereocenters. The molecule has 0 saturated heterocycles. The van der Waals surface area contributed by atoms with Crippen molar-refractivity contribution < 1.29 is 14.1 Å². The van der Waals surface area contributed by atoms with Gasteiger partial charge < -0.3 is 9.26 Å². The van der Waals surface area contributed by atoms with Crippen LogP contribution in [0.4, 0.5) is 4.79 Å². The first-order valence-corrected chi connectivity index (χ1v) is 10.6. The van der Waals surface area contributed by atoms with Crippen molar-refractivity contribution in [2.45, 2.75) is 86.2 Å². The lowest BCUT2D eigenvalue weighted by Gasteiger charge is -2.44. The minimum atomic E-state index is -1.27. The normalized spacial score (nSPS) is 12.3. The molecule has 148 valence electrons. The summed E-state index contributed by atoms with van der Waals surface area (Å²) in [5.74, 6) is 0. The smallest absolute Gasteiger partial charge is 0.429 e. The molecule has 1 aromatic carbocycles. The van der Waals surface area contributed by atoms with Gasteiger partial charge in [0, 0.05) is 24.2 Å². The summed E-state index contributed by atoms with van der Waals surface area (Å²) in [7, 11) is -1.27. The second-order valence-corrected chi connectivity index (χ2v) is 9.12. The Bertz CT molecular complexity index is 499. The highest BCUT2D eigenvalue weighted by Crippen LogP contribution is 2.51. The summed E-state index contributed by atoms with van der Waals surface area (Å²) >= 11 is 0. The molecule has 0 aliphatic rings. The average Bonchev–Trinajstić information content (AvgIpc) is 2.52. The number of hydrogen-bond acceptors (Lipinski definition) is 5. The SMILES string of the molecule is CC(C)N(C(C)C)P(OC(=O)OCc1ccccc1)N(C(C)C)C(C)C. The van der Waals surface area contributed by atoms with Crippen LogP contribution in [0.5, 0.6) is 0 Å². The van der Waals surface area contributed by atoms with Crippen molar-refractivity contribution in [1.29, 1.82) is 0 Å². The second kappa shape index (κ2) is 10.9. The number of nitrogens with zero attached hydrogens (tertiary/aromatic N) is 2. The summed E-state index contributed by atoms with van der Waals surface area (Å²) in [4.78, 5) is 12.4. The second-order valence-electron chi connectivity index (χ2n) is 7.50. The summed E-state index contributed by atoms with van der Waals surface area (Å²) in [5.41, 5.74) is 0.947. The van der Waals surface area contributed by atoms with Crippen molar-refractivity contribution in [1.82, 2.24) is 9.34 Å². The maximum Gasteiger partial charge on any atom is 0.513 e. The van der Waals surface area contributed by atoms with Crippen LogP contribution in [-0.4, -0.2) is 39.7 Å². The van der Waals surface area contributed by atoms with E-state index in [0.29, 0.717) is 0 Å². The molecule has 0 fully saturated rings. The molecular formula is C20H35N2O3P. The van der Waals surface area contributed by atoms with Crippen molar-refractivity contribution >= 4 is 14.6 Å². The monoisotopic (exact) mass is 382 g/mol. The van der Waals surface area contributed by atoms with E-state index in [1.165, 1.54) is 0 Å². The first-order valence-electron chi connectivity index (χ1n) is 9.40. The van der Waals surface area contributed by atoms with E-state index in [4.69, 9.17) is 9.26 Å². The van der Waals surface area contributed by atoms with Gasteiger partial charge in [-0.1, -0.05) is 30.3 Å². The minimum absolute atomic E-state index is 0.218. The van der Waals surface area contributed by atoms with E-state index in [1.54, 1.807) is 0 Å². The van der Waals surface area contributed by atoms with Crippen molar-refractivity contribution in [3.8, 4) is 0 Å². The van der Waals surface area contributed by atoms with Gasteiger partial charge >= 0.3 is 6.16 Å². The lowest BCUT2D eigenvalue weighted by molar-refractivity contribution is 0.0854. The van der Waals surface area contributed by atoms with Gasteiger partial charge in [0.15, 0.2) is 0 Å². The molecule has 0 spiro atoms.